The zero-order valence-corrected chi connectivity index (χ0v) is 11.6. The number of nitrogens with one attached hydrogen (secondary N) is 2. The number of piperazine rings is 1. The Morgan fingerprint density at radius 2 is 2.05 bits per heavy atom. The fourth-order valence-electron chi connectivity index (χ4n) is 1.76. The molecule has 0 atom stereocenters. The topological polar surface area (TPSA) is 85.2 Å². The molecular weight excluding hydrogens is 288 g/mol. The summed E-state index contributed by atoms with van der Waals surface area (Å²) in [6.07, 6.45) is 0. The van der Waals surface area contributed by atoms with Gasteiger partial charge in [-0.05, 0) is 18.2 Å². The quantitative estimate of drug-likeness (QED) is 0.863. The van der Waals surface area contributed by atoms with Crippen LogP contribution >= 0.6 is 11.6 Å². The molecule has 0 saturated carbocycles. The minimum atomic E-state index is -3.60. The van der Waals surface area contributed by atoms with Gasteiger partial charge in [-0.25, -0.2) is 0 Å². The first-order valence-corrected chi connectivity index (χ1v) is 7.53. The number of nitrogens with zero attached hydrogens (tertiary/aromatic N) is 2. The van der Waals surface area contributed by atoms with Crippen molar-refractivity contribution in [1.82, 2.24) is 9.62 Å². The zero-order valence-electron chi connectivity index (χ0n) is 10.1. The van der Waals surface area contributed by atoms with E-state index in [-0.39, 0.29) is 10.7 Å². The summed E-state index contributed by atoms with van der Waals surface area (Å²) in [6.45, 7) is 2.09. The highest BCUT2D eigenvalue weighted by molar-refractivity contribution is 7.90. The number of anilines is 1. The predicted molar refractivity (Wildman–Crippen MR) is 73.2 cm³/mol. The molecule has 0 aliphatic carbocycles. The maximum Gasteiger partial charge on any atom is 0.301 e. The fourth-order valence-corrected chi connectivity index (χ4v) is 3.29. The number of benzene rings is 1. The van der Waals surface area contributed by atoms with Crippen molar-refractivity contribution >= 4 is 27.5 Å². The van der Waals surface area contributed by atoms with E-state index >= 15 is 0 Å². The second-order valence-corrected chi connectivity index (χ2v) is 6.14. The molecule has 0 radical (unpaired) electrons. The van der Waals surface area contributed by atoms with E-state index < -0.39 is 10.2 Å². The summed E-state index contributed by atoms with van der Waals surface area (Å²) in [5.41, 5.74) is 0.661. The van der Waals surface area contributed by atoms with Gasteiger partial charge in [0.1, 0.15) is 0 Å². The van der Waals surface area contributed by atoms with E-state index in [2.05, 4.69) is 10.0 Å². The van der Waals surface area contributed by atoms with E-state index in [1.54, 1.807) is 0 Å². The second-order valence-electron chi connectivity index (χ2n) is 4.06. The minimum absolute atomic E-state index is 0.206. The molecule has 8 heteroatoms. The van der Waals surface area contributed by atoms with Gasteiger partial charge in [0.15, 0.2) is 0 Å². The number of hydrogen-bond donors (Lipinski definition) is 2. The van der Waals surface area contributed by atoms with Crippen LogP contribution in [0.25, 0.3) is 0 Å². The summed E-state index contributed by atoms with van der Waals surface area (Å²) in [4.78, 5) is 0. The first-order chi connectivity index (χ1) is 9.03. The van der Waals surface area contributed by atoms with E-state index in [0.29, 0.717) is 31.7 Å². The van der Waals surface area contributed by atoms with E-state index in [4.69, 9.17) is 16.9 Å². The molecule has 0 unspecified atom stereocenters. The molecule has 1 aromatic carbocycles. The van der Waals surface area contributed by atoms with Gasteiger partial charge in [0.2, 0.25) is 0 Å². The molecule has 0 amide bonds. The molecule has 1 saturated heterocycles. The van der Waals surface area contributed by atoms with E-state index in [9.17, 15) is 8.42 Å². The second kappa shape index (κ2) is 5.75. The molecule has 1 heterocycles. The summed E-state index contributed by atoms with van der Waals surface area (Å²) in [5, 5.41) is 12.0. The van der Waals surface area contributed by atoms with Crippen molar-refractivity contribution in [3.63, 3.8) is 0 Å². The lowest BCUT2D eigenvalue weighted by Crippen LogP contribution is -2.48. The number of nitriles is 1. The molecule has 2 rings (SSSR count). The van der Waals surface area contributed by atoms with Crippen LogP contribution in [-0.4, -0.2) is 38.9 Å². The van der Waals surface area contributed by atoms with E-state index in [1.807, 2.05) is 6.07 Å². The van der Waals surface area contributed by atoms with Crippen LogP contribution in [0.4, 0.5) is 5.69 Å². The average Bonchev–Trinajstić information content (AvgIpc) is 2.42. The Morgan fingerprint density at radius 1 is 1.37 bits per heavy atom. The van der Waals surface area contributed by atoms with Gasteiger partial charge < -0.3 is 5.32 Å². The zero-order chi connectivity index (χ0) is 13.9. The smallest absolute Gasteiger partial charge is 0.301 e. The average molecular weight is 301 g/mol. The molecular formula is C11H13ClN4O2S. The lowest BCUT2D eigenvalue weighted by molar-refractivity contribution is 0.362. The van der Waals surface area contributed by atoms with Gasteiger partial charge in [-0.15, -0.1) is 0 Å². The van der Waals surface area contributed by atoms with Crippen LogP contribution in [0.1, 0.15) is 5.56 Å². The van der Waals surface area contributed by atoms with Gasteiger partial charge in [0.05, 0.1) is 22.3 Å². The Balaban J connectivity index is 2.18. The fraction of sp³-hybridized carbons (Fsp3) is 0.364. The molecule has 19 heavy (non-hydrogen) atoms. The van der Waals surface area contributed by atoms with Crippen molar-refractivity contribution in [1.29, 1.82) is 5.26 Å². The lowest BCUT2D eigenvalue weighted by Gasteiger charge is -2.27. The van der Waals surface area contributed by atoms with Gasteiger partial charge in [-0.2, -0.15) is 18.0 Å². The van der Waals surface area contributed by atoms with Gasteiger partial charge in [-0.1, -0.05) is 11.6 Å². The summed E-state index contributed by atoms with van der Waals surface area (Å²) in [6, 6.07) is 6.37. The molecule has 2 N–H and O–H groups in total. The van der Waals surface area contributed by atoms with Crippen LogP contribution in [0, 0.1) is 11.3 Å². The Bertz CT molecular complexity index is 606. The third-order valence-corrected chi connectivity index (χ3v) is 4.59. The molecule has 1 fully saturated rings. The standard InChI is InChI=1S/C11H13ClN4O2S/c12-10-7-9(8-13)1-2-11(10)15-19(17,18)16-5-3-14-4-6-16/h1-2,7,14-15H,3-6H2. The van der Waals surface area contributed by atoms with Crippen molar-refractivity contribution < 1.29 is 8.42 Å². The summed E-state index contributed by atoms with van der Waals surface area (Å²) in [7, 11) is -3.60. The van der Waals surface area contributed by atoms with Gasteiger partial charge in [-0.3, -0.25) is 4.72 Å². The van der Waals surface area contributed by atoms with Crippen molar-refractivity contribution in [2.75, 3.05) is 30.9 Å². The van der Waals surface area contributed by atoms with Gasteiger partial charge in [0.25, 0.3) is 0 Å². The summed E-state index contributed by atoms with van der Waals surface area (Å²) < 4.78 is 28.0. The maximum atomic E-state index is 12.1. The van der Waals surface area contributed by atoms with Crippen LogP contribution in [0.5, 0.6) is 0 Å². The Labute approximate surface area is 117 Å². The highest BCUT2D eigenvalue weighted by atomic mass is 35.5. The van der Waals surface area contributed by atoms with Crippen LogP contribution in [0.3, 0.4) is 0 Å². The molecule has 102 valence electrons. The molecule has 0 spiro atoms. The molecule has 1 aromatic rings. The highest BCUT2D eigenvalue weighted by Crippen LogP contribution is 2.24. The van der Waals surface area contributed by atoms with Gasteiger partial charge in [0, 0.05) is 26.2 Å². The molecule has 1 aliphatic heterocycles. The normalized spacial score (nSPS) is 16.8. The van der Waals surface area contributed by atoms with Crippen LogP contribution in [-0.2, 0) is 10.2 Å². The molecule has 6 nitrogen and oxygen atoms in total. The molecule has 0 bridgehead atoms. The molecule has 1 aliphatic rings. The lowest BCUT2D eigenvalue weighted by atomic mass is 10.2. The van der Waals surface area contributed by atoms with Crippen LogP contribution in [0.15, 0.2) is 18.2 Å². The Morgan fingerprint density at radius 3 is 2.63 bits per heavy atom. The van der Waals surface area contributed by atoms with Crippen LogP contribution < -0.4 is 10.0 Å². The third kappa shape index (κ3) is 3.36. The van der Waals surface area contributed by atoms with E-state index in [0.717, 1.165) is 0 Å². The molecule has 0 aromatic heterocycles. The summed E-state index contributed by atoms with van der Waals surface area (Å²) >= 11 is 5.94. The van der Waals surface area contributed by atoms with E-state index in [1.165, 1.54) is 22.5 Å². The first-order valence-electron chi connectivity index (χ1n) is 5.71. The SMILES string of the molecule is N#Cc1ccc(NS(=O)(=O)N2CCNCC2)c(Cl)c1. The van der Waals surface area contributed by atoms with Crippen molar-refractivity contribution in [2.45, 2.75) is 0 Å². The highest BCUT2D eigenvalue weighted by Gasteiger charge is 2.24. The van der Waals surface area contributed by atoms with Crippen molar-refractivity contribution in [3.8, 4) is 6.07 Å². The number of halogens is 1. The van der Waals surface area contributed by atoms with Crippen molar-refractivity contribution in [3.05, 3.63) is 28.8 Å². The third-order valence-electron chi connectivity index (χ3n) is 2.75. The van der Waals surface area contributed by atoms with Gasteiger partial charge >= 0.3 is 10.2 Å². The minimum Gasteiger partial charge on any atom is -0.314 e. The number of rotatable bonds is 3. The Kier molecular flexibility index (Phi) is 4.27. The predicted octanol–water partition coefficient (Wildman–Crippen LogP) is 0.774. The van der Waals surface area contributed by atoms with Crippen molar-refractivity contribution in [2.24, 2.45) is 0 Å². The number of hydrogen-bond acceptors (Lipinski definition) is 4. The summed E-state index contributed by atoms with van der Waals surface area (Å²) in [5.74, 6) is 0. The van der Waals surface area contributed by atoms with Crippen LogP contribution in [0.2, 0.25) is 5.02 Å². The first kappa shape index (κ1) is 14.1. The Hall–Kier alpha value is -1.33. The monoisotopic (exact) mass is 300 g/mol. The maximum absolute atomic E-state index is 12.1. The largest absolute Gasteiger partial charge is 0.314 e.